The largest absolute Gasteiger partial charge is 0.507 e. The van der Waals surface area contributed by atoms with Crippen LogP contribution in [-0.2, 0) is 27.5 Å². The molecule has 68 heavy (non-hydrogen) atoms. The van der Waals surface area contributed by atoms with Crippen molar-refractivity contribution < 1.29 is 26.2 Å². The van der Waals surface area contributed by atoms with Crippen LogP contribution in [0.2, 0.25) is 0 Å². The molecule has 1 N–H and O–H groups in total. The van der Waals surface area contributed by atoms with E-state index in [2.05, 4.69) is 227 Å². The number of para-hydroxylation sites is 1. The Bertz CT molecular complexity index is 3360. The van der Waals surface area contributed by atoms with Crippen LogP contribution in [-0.4, -0.2) is 19.6 Å². The molecule has 2 aromatic heterocycles. The molecule has 0 aliphatic rings. The van der Waals surface area contributed by atoms with Crippen LogP contribution in [0, 0.1) is 6.07 Å². The number of nitrogens with zero attached hydrogens (tertiary/aromatic N) is 3. The van der Waals surface area contributed by atoms with E-state index < -0.39 is 0 Å². The van der Waals surface area contributed by atoms with Crippen molar-refractivity contribution in [2.45, 2.75) is 59.3 Å². The molecule has 10 aromatic rings. The van der Waals surface area contributed by atoms with Gasteiger partial charge in [0.15, 0.2) is 0 Å². The predicted octanol–water partition coefficient (Wildman–Crippen LogP) is 16.8. The predicted molar refractivity (Wildman–Crippen MR) is 280 cm³/mol. The molecule has 338 valence electrons. The van der Waals surface area contributed by atoms with E-state index >= 15 is 0 Å². The molecule has 2 heterocycles. The number of aromatic hydroxyl groups is 1. The Hall–Kier alpha value is -7.13. The molecule has 0 fully saturated rings. The summed E-state index contributed by atoms with van der Waals surface area (Å²) in [7, 11) is 0. The summed E-state index contributed by atoms with van der Waals surface area (Å²) in [5, 5.41) is 12.3. The summed E-state index contributed by atoms with van der Waals surface area (Å²) in [6, 6.07) is 70.4. The first-order chi connectivity index (χ1) is 32.7. The number of phenols is 1. The van der Waals surface area contributed by atoms with E-state index in [0.717, 1.165) is 96.5 Å². The summed E-state index contributed by atoms with van der Waals surface area (Å²) in [6.07, 6.45) is 3.92. The van der Waals surface area contributed by atoms with Gasteiger partial charge in [0.05, 0.1) is 22.3 Å². The zero-order valence-electron chi connectivity index (χ0n) is 39.1. The van der Waals surface area contributed by atoms with Crippen molar-refractivity contribution in [3.05, 3.63) is 217 Å². The second-order valence-electron chi connectivity index (χ2n) is 18.2. The van der Waals surface area contributed by atoms with Gasteiger partial charge in [0.2, 0.25) is 0 Å². The molecule has 0 unspecified atom stereocenters. The fraction of sp³-hybridized carbons (Fsp3) is 0.143. The first-order valence-corrected chi connectivity index (χ1v) is 23.6. The fourth-order valence-corrected chi connectivity index (χ4v) is 9.33. The number of aryl methyl sites for hydroxylation is 1. The zero-order chi connectivity index (χ0) is 46.0. The Morgan fingerprint density at radius 3 is 1.79 bits per heavy atom. The van der Waals surface area contributed by atoms with Crippen LogP contribution >= 0.6 is 0 Å². The second kappa shape index (κ2) is 20.0. The summed E-state index contributed by atoms with van der Waals surface area (Å²) in [5.74, 6) is 1.31. The van der Waals surface area contributed by atoms with Crippen molar-refractivity contribution in [2.75, 3.05) is 0 Å². The van der Waals surface area contributed by atoms with Gasteiger partial charge in [-0.3, -0.25) is 9.55 Å². The van der Waals surface area contributed by atoms with Gasteiger partial charge in [-0.25, -0.2) is 4.98 Å². The molecule has 10 rings (SSSR count). The number of phenolic OH excluding ortho intramolecular Hbond substituents is 1. The van der Waals surface area contributed by atoms with Crippen LogP contribution in [0.4, 0.5) is 0 Å². The normalized spacial score (nSPS) is 11.3. The first kappa shape index (κ1) is 46.0. The molecule has 0 bridgehead atoms. The standard InChI is InChI=1S/C63H54N3O.Pt/c1-6-17-43-26-31-59(56(34-43)48-22-14-9-15-23-48)66-60-25-16-24-54(61(60)65-63(66)57-39-50(41(2)3)38-55(42(4)5)62(57)67)52-35-51(45-20-12-8-13-21-45)36-53(37-52)58-40-49(32-33-64-58)47-29-27-46(28-30-47)44-18-10-7-11-19-44;/h7-16,18-36,38-42,67H,6,17H2,1-5H3;/q-1;. The molecule has 0 saturated carbocycles. The topological polar surface area (TPSA) is 50.9 Å². The van der Waals surface area contributed by atoms with E-state index in [0.29, 0.717) is 11.4 Å². The average molecular weight is 1060 g/mol. The minimum atomic E-state index is 0. The van der Waals surface area contributed by atoms with Crippen LogP contribution in [0.25, 0.3) is 95.0 Å². The van der Waals surface area contributed by atoms with Gasteiger partial charge in [-0.1, -0.05) is 203 Å². The number of rotatable bonds is 12. The molecular formula is C63H54N3OPt-. The maximum atomic E-state index is 12.3. The number of imidazole rings is 1. The SMILES string of the molecule is CCCc1ccc(-n2c(-c3cc(C(C)C)cc(C(C)C)c3O)nc3c(-c4[c-]c(-c5cc(-c6ccc(-c7ccccc7)cc6)ccn5)cc(-c5ccccc5)c4)cccc32)c(-c2ccccc2)c1.[Pt]. The number of pyridine rings is 1. The van der Waals surface area contributed by atoms with Gasteiger partial charge >= 0.3 is 0 Å². The molecule has 0 radical (unpaired) electrons. The van der Waals surface area contributed by atoms with Gasteiger partial charge in [0.1, 0.15) is 11.6 Å². The van der Waals surface area contributed by atoms with Crippen LogP contribution in [0.5, 0.6) is 5.75 Å². The van der Waals surface area contributed by atoms with Crippen LogP contribution in [0.3, 0.4) is 0 Å². The Labute approximate surface area is 415 Å². The quantitative estimate of drug-likeness (QED) is 0.124. The minimum absolute atomic E-state index is 0. The molecule has 0 saturated heterocycles. The molecule has 0 amide bonds. The van der Waals surface area contributed by atoms with Crippen LogP contribution < -0.4 is 0 Å². The fourth-order valence-electron chi connectivity index (χ4n) is 9.33. The third-order valence-electron chi connectivity index (χ3n) is 12.9. The maximum Gasteiger partial charge on any atom is 0.148 e. The van der Waals surface area contributed by atoms with E-state index in [4.69, 9.17) is 9.97 Å². The first-order valence-electron chi connectivity index (χ1n) is 23.6. The van der Waals surface area contributed by atoms with Crippen molar-refractivity contribution in [3.63, 3.8) is 0 Å². The number of benzene rings is 8. The number of aromatic nitrogens is 3. The van der Waals surface area contributed by atoms with Gasteiger partial charge in [0, 0.05) is 38.5 Å². The van der Waals surface area contributed by atoms with Crippen LogP contribution in [0.1, 0.15) is 69.6 Å². The van der Waals surface area contributed by atoms with Gasteiger partial charge in [-0.2, -0.15) is 0 Å². The maximum absolute atomic E-state index is 12.3. The number of hydrogen-bond acceptors (Lipinski definition) is 3. The van der Waals surface area contributed by atoms with Crippen molar-refractivity contribution in [1.82, 2.24) is 14.5 Å². The molecule has 8 aromatic carbocycles. The molecule has 0 aliphatic heterocycles. The van der Waals surface area contributed by atoms with E-state index in [1.54, 1.807) is 0 Å². The second-order valence-corrected chi connectivity index (χ2v) is 18.2. The van der Waals surface area contributed by atoms with Gasteiger partial charge < -0.3 is 5.11 Å². The van der Waals surface area contributed by atoms with E-state index in [9.17, 15) is 5.11 Å². The Balaban J connectivity index is 0.00000578. The Morgan fingerprint density at radius 2 is 1.15 bits per heavy atom. The summed E-state index contributed by atoms with van der Waals surface area (Å²) in [4.78, 5) is 10.6. The summed E-state index contributed by atoms with van der Waals surface area (Å²) in [6.45, 7) is 10.9. The molecule has 0 atom stereocenters. The third-order valence-corrected chi connectivity index (χ3v) is 12.9. The van der Waals surface area contributed by atoms with E-state index in [1.807, 2.05) is 12.3 Å². The van der Waals surface area contributed by atoms with Crippen molar-refractivity contribution in [3.8, 4) is 89.7 Å². The smallest absolute Gasteiger partial charge is 0.148 e. The summed E-state index contributed by atoms with van der Waals surface area (Å²) >= 11 is 0. The Morgan fingerprint density at radius 1 is 0.529 bits per heavy atom. The van der Waals surface area contributed by atoms with Crippen molar-refractivity contribution in [2.24, 2.45) is 0 Å². The molecule has 4 nitrogen and oxygen atoms in total. The zero-order valence-corrected chi connectivity index (χ0v) is 41.4. The van der Waals surface area contributed by atoms with E-state index in [1.165, 1.54) is 16.7 Å². The van der Waals surface area contributed by atoms with Crippen LogP contribution in [0.15, 0.2) is 194 Å². The summed E-state index contributed by atoms with van der Waals surface area (Å²) in [5.41, 5.74) is 19.4. The van der Waals surface area contributed by atoms with Crippen molar-refractivity contribution >= 4 is 11.0 Å². The summed E-state index contributed by atoms with van der Waals surface area (Å²) < 4.78 is 2.27. The van der Waals surface area contributed by atoms with Gasteiger partial charge in [-0.15, -0.1) is 23.8 Å². The van der Waals surface area contributed by atoms with Gasteiger partial charge in [-0.05, 0) is 98.7 Å². The molecule has 0 spiro atoms. The molecule has 0 aliphatic carbocycles. The minimum Gasteiger partial charge on any atom is -0.507 e. The molecular weight excluding hydrogens is 1010 g/mol. The monoisotopic (exact) mass is 1060 g/mol. The van der Waals surface area contributed by atoms with Crippen molar-refractivity contribution in [1.29, 1.82) is 0 Å². The van der Waals surface area contributed by atoms with Gasteiger partial charge in [0.25, 0.3) is 0 Å². The number of fused-ring (bicyclic) bond motifs is 1. The molecule has 5 heteroatoms. The number of hydrogen-bond donors (Lipinski definition) is 1. The Kier molecular flexibility index (Phi) is 13.5. The average Bonchev–Trinajstić information content (AvgIpc) is 3.76. The van der Waals surface area contributed by atoms with E-state index in [-0.39, 0.29) is 38.7 Å². The third kappa shape index (κ3) is 9.14.